The normalized spacial score (nSPS) is 40.3. The van der Waals surface area contributed by atoms with Crippen molar-refractivity contribution in [2.24, 2.45) is 29.6 Å². The minimum Gasteiger partial charge on any atom is -0.388 e. The summed E-state index contributed by atoms with van der Waals surface area (Å²) in [4.78, 5) is 0. The fourth-order valence-corrected chi connectivity index (χ4v) is 5.60. The monoisotopic (exact) mass is 320 g/mol. The van der Waals surface area contributed by atoms with E-state index in [-0.39, 0.29) is 6.10 Å². The molecule has 4 rings (SSSR count). The predicted octanol–water partition coefficient (Wildman–Crippen LogP) is 4.39. The first-order chi connectivity index (χ1) is 9.08. The molecule has 3 saturated carbocycles. The highest BCUT2D eigenvalue weighted by molar-refractivity contribution is 9.10. The van der Waals surface area contributed by atoms with E-state index < -0.39 is 0 Å². The minimum absolute atomic E-state index is 0.231. The van der Waals surface area contributed by atoms with E-state index >= 15 is 0 Å². The van der Waals surface area contributed by atoms with Gasteiger partial charge < -0.3 is 5.11 Å². The van der Waals surface area contributed by atoms with E-state index in [2.05, 4.69) is 41.9 Å². The van der Waals surface area contributed by atoms with E-state index in [9.17, 15) is 5.11 Å². The molecule has 0 aromatic heterocycles. The lowest BCUT2D eigenvalue weighted by molar-refractivity contribution is 0.129. The van der Waals surface area contributed by atoms with E-state index in [4.69, 9.17) is 0 Å². The highest BCUT2D eigenvalue weighted by Crippen LogP contribution is 2.72. The van der Waals surface area contributed by atoms with E-state index in [1.165, 1.54) is 36.0 Å². The van der Waals surface area contributed by atoms with Crippen LogP contribution in [0.25, 0.3) is 0 Å². The minimum atomic E-state index is -0.231. The molecule has 0 radical (unpaired) electrons. The second-order valence-corrected chi connectivity index (χ2v) is 7.82. The Morgan fingerprint density at radius 3 is 2.37 bits per heavy atom. The van der Waals surface area contributed by atoms with E-state index in [0.29, 0.717) is 5.92 Å². The van der Waals surface area contributed by atoms with Crippen LogP contribution >= 0.6 is 15.9 Å². The molecule has 0 saturated heterocycles. The van der Waals surface area contributed by atoms with Gasteiger partial charge in [0.15, 0.2) is 0 Å². The molecule has 3 aliphatic rings. The third-order valence-corrected chi connectivity index (χ3v) is 6.88. The van der Waals surface area contributed by atoms with Gasteiger partial charge in [0.2, 0.25) is 0 Å². The van der Waals surface area contributed by atoms with Gasteiger partial charge in [-0.15, -0.1) is 0 Å². The van der Waals surface area contributed by atoms with Crippen molar-refractivity contribution < 1.29 is 5.11 Å². The highest BCUT2D eigenvalue weighted by Gasteiger charge is 2.66. The molecule has 1 aromatic carbocycles. The lowest BCUT2D eigenvalue weighted by Gasteiger charge is -2.18. The summed E-state index contributed by atoms with van der Waals surface area (Å²) in [6, 6.07) is 4.33. The lowest BCUT2D eigenvalue weighted by atomic mass is 9.92. The summed E-state index contributed by atoms with van der Waals surface area (Å²) in [5, 5.41) is 10.8. The van der Waals surface area contributed by atoms with Crippen LogP contribution in [0.2, 0.25) is 0 Å². The Hall–Kier alpha value is -0.340. The third-order valence-electron chi connectivity index (χ3n) is 6.03. The summed E-state index contributed by atoms with van der Waals surface area (Å²) in [7, 11) is 0. The number of rotatable bonds is 2. The van der Waals surface area contributed by atoms with E-state index in [1.54, 1.807) is 0 Å². The summed E-state index contributed by atoms with van der Waals surface area (Å²) in [6.45, 7) is 4.23. The zero-order valence-electron chi connectivity index (χ0n) is 11.6. The second-order valence-electron chi connectivity index (χ2n) is 6.97. The fraction of sp³-hybridized carbons (Fsp3) is 0.647. The Labute approximate surface area is 123 Å². The number of hydrogen-bond donors (Lipinski definition) is 1. The average molecular weight is 321 g/mol. The van der Waals surface area contributed by atoms with Gasteiger partial charge in [0, 0.05) is 4.47 Å². The molecular formula is C17H21BrO. The number of fused-ring (bicyclic) bond motifs is 5. The molecule has 1 N–H and O–H groups in total. The van der Waals surface area contributed by atoms with Crippen molar-refractivity contribution in [1.82, 2.24) is 0 Å². The number of hydrogen-bond acceptors (Lipinski definition) is 1. The van der Waals surface area contributed by atoms with Gasteiger partial charge in [0.1, 0.15) is 0 Å². The van der Waals surface area contributed by atoms with Gasteiger partial charge in [-0.2, -0.15) is 0 Å². The molecule has 3 aliphatic carbocycles. The first-order valence-corrected chi connectivity index (χ1v) is 8.32. The average Bonchev–Trinajstić information content (AvgIpc) is 2.81. The smallest absolute Gasteiger partial charge is 0.0826 e. The van der Waals surface area contributed by atoms with Crippen molar-refractivity contribution in [1.29, 1.82) is 0 Å². The van der Waals surface area contributed by atoms with Crippen molar-refractivity contribution in [3.63, 3.8) is 0 Å². The number of halogens is 1. The maximum absolute atomic E-state index is 10.8. The van der Waals surface area contributed by atoms with Crippen LogP contribution in [0.1, 0.15) is 42.1 Å². The fourth-order valence-electron chi connectivity index (χ4n) is 5.14. The van der Waals surface area contributed by atoms with Gasteiger partial charge in [0.05, 0.1) is 6.10 Å². The Balaban J connectivity index is 1.62. The summed E-state index contributed by atoms with van der Waals surface area (Å²) in [5.74, 6) is 4.12. The van der Waals surface area contributed by atoms with E-state index in [0.717, 1.165) is 28.1 Å². The van der Waals surface area contributed by atoms with Gasteiger partial charge in [-0.3, -0.25) is 0 Å². The molecule has 5 atom stereocenters. The maximum atomic E-state index is 10.8. The van der Waals surface area contributed by atoms with Crippen LogP contribution in [0, 0.1) is 43.4 Å². The maximum Gasteiger partial charge on any atom is 0.0826 e. The molecule has 19 heavy (non-hydrogen) atoms. The molecule has 0 amide bonds. The largest absolute Gasteiger partial charge is 0.388 e. The van der Waals surface area contributed by atoms with Crippen LogP contribution in [-0.2, 0) is 0 Å². The first-order valence-electron chi connectivity index (χ1n) is 7.52. The molecule has 2 heteroatoms. The van der Waals surface area contributed by atoms with Gasteiger partial charge in [-0.1, -0.05) is 22.0 Å². The molecule has 5 unspecified atom stereocenters. The second kappa shape index (κ2) is 4.08. The lowest BCUT2D eigenvalue weighted by Crippen LogP contribution is -2.10. The molecule has 0 heterocycles. The van der Waals surface area contributed by atoms with Crippen molar-refractivity contribution in [2.45, 2.75) is 39.2 Å². The van der Waals surface area contributed by atoms with Gasteiger partial charge in [-0.05, 0) is 85.5 Å². The van der Waals surface area contributed by atoms with E-state index in [1.807, 2.05) is 0 Å². The zero-order valence-corrected chi connectivity index (χ0v) is 13.2. The third kappa shape index (κ3) is 1.69. The molecule has 1 nitrogen and oxygen atoms in total. The van der Waals surface area contributed by atoms with Crippen LogP contribution in [0.5, 0.6) is 0 Å². The first kappa shape index (κ1) is 12.4. The molecule has 3 fully saturated rings. The Bertz CT molecular complexity index is 522. The van der Waals surface area contributed by atoms with Gasteiger partial charge in [-0.25, -0.2) is 0 Å². The molecule has 2 bridgehead atoms. The van der Waals surface area contributed by atoms with Crippen molar-refractivity contribution in [2.75, 3.05) is 0 Å². The quantitative estimate of drug-likeness (QED) is 0.856. The summed E-state index contributed by atoms with van der Waals surface area (Å²) in [5.41, 5.74) is 3.62. The molecule has 1 aromatic rings. The number of aryl methyl sites for hydroxylation is 2. The number of benzene rings is 1. The SMILES string of the molecule is Cc1cc(C(O)C2C3C4CCC(C4)C32)c(C)cc1Br. The summed E-state index contributed by atoms with van der Waals surface area (Å²) < 4.78 is 1.15. The van der Waals surface area contributed by atoms with Crippen LogP contribution < -0.4 is 0 Å². The van der Waals surface area contributed by atoms with Gasteiger partial charge >= 0.3 is 0 Å². The standard InChI is InChI=1S/C17H21BrO/c1-8-6-13(18)9(2)5-12(8)17(19)16-14-10-3-4-11(7-10)15(14)16/h5-6,10-11,14-17,19H,3-4,7H2,1-2H3. The van der Waals surface area contributed by atoms with Crippen molar-refractivity contribution in [3.8, 4) is 0 Å². The molecule has 102 valence electrons. The molecule has 0 spiro atoms. The molecular weight excluding hydrogens is 300 g/mol. The summed E-state index contributed by atoms with van der Waals surface area (Å²) in [6.07, 6.45) is 4.07. The van der Waals surface area contributed by atoms with Gasteiger partial charge in [0.25, 0.3) is 0 Å². The van der Waals surface area contributed by atoms with Crippen molar-refractivity contribution >= 4 is 15.9 Å². The van der Waals surface area contributed by atoms with Crippen LogP contribution in [-0.4, -0.2) is 5.11 Å². The predicted molar refractivity (Wildman–Crippen MR) is 79.9 cm³/mol. The van der Waals surface area contributed by atoms with Crippen LogP contribution in [0.15, 0.2) is 16.6 Å². The zero-order chi connectivity index (χ0) is 13.3. The highest BCUT2D eigenvalue weighted by atomic mass is 79.9. The Morgan fingerprint density at radius 2 is 1.74 bits per heavy atom. The molecule has 0 aliphatic heterocycles. The summed E-state index contributed by atoms with van der Waals surface area (Å²) >= 11 is 3.58. The van der Waals surface area contributed by atoms with Crippen LogP contribution in [0.3, 0.4) is 0 Å². The van der Waals surface area contributed by atoms with Crippen molar-refractivity contribution in [3.05, 3.63) is 33.3 Å². The topological polar surface area (TPSA) is 20.2 Å². The number of aliphatic hydroxyl groups excluding tert-OH is 1. The Morgan fingerprint density at radius 1 is 1.11 bits per heavy atom. The number of aliphatic hydroxyl groups is 1. The van der Waals surface area contributed by atoms with Crippen LogP contribution in [0.4, 0.5) is 0 Å². The Kier molecular flexibility index (Phi) is 2.66.